The fraction of sp³-hybridized carbons (Fsp3) is 0.846. The summed E-state index contributed by atoms with van der Waals surface area (Å²) in [6.07, 6.45) is 4.67. The second-order valence-electron chi connectivity index (χ2n) is 5.40. The minimum absolute atomic E-state index is 0.0188. The zero-order chi connectivity index (χ0) is 13.7. The summed E-state index contributed by atoms with van der Waals surface area (Å²) < 4.78 is 5.23. The van der Waals surface area contributed by atoms with Crippen molar-refractivity contribution in [3.8, 4) is 0 Å². The lowest BCUT2D eigenvalue weighted by atomic mass is 9.86. The highest BCUT2D eigenvalue weighted by Gasteiger charge is 2.28. The van der Waals surface area contributed by atoms with Crippen molar-refractivity contribution in [2.75, 3.05) is 13.2 Å². The molecule has 0 aromatic carbocycles. The molecular weight excluding hydrogens is 248 g/mol. The molecule has 108 valence electrons. The number of carboxylic acid groups (broad SMARTS) is 1. The number of ether oxygens (including phenoxy) is 1. The van der Waals surface area contributed by atoms with Gasteiger partial charge in [0.2, 0.25) is 0 Å². The average molecular weight is 270 g/mol. The highest BCUT2D eigenvalue weighted by Crippen LogP contribution is 2.24. The van der Waals surface area contributed by atoms with E-state index in [9.17, 15) is 9.59 Å². The molecule has 1 aliphatic heterocycles. The Bertz CT molecular complexity index is 329. The Morgan fingerprint density at radius 2 is 1.68 bits per heavy atom. The van der Waals surface area contributed by atoms with Crippen LogP contribution in [0.5, 0.6) is 0 Å². The molecule has 6 nitrogen and oxygen atoms in total. The summed E-state index contributed by atoms with van der Waals surface area (Å²) in [5.41, 5.74) is 0. The second-order valence-corrected chi connectivity index (χ2v) is 5.40. The maximum Gasteiger partial charge on any atom is 0.315 e. The van der Waals surface area contributed by atoms with Gasteiger partial charge in [-0.1, -0.05) is 6.42 Å². The van der Waals surface area contributed by atoms with Crippen LogP contribution in [-0.2, 0) is 9.53 Å². The maximum atomic E-state index is 11.8. The molecule has 19 heavy (non-hydrogen) atoms. The van der Waals surface area contributed by atoms with Crippen molar-refractivity contribution >= 4 is 12.0 Å². The van der Waals surface area contributed by atoms with E-state index in [1.54, 1.807) is 0 Å². The summed E-state index contributed by atoms with van der Waals surface area (Å²) in [5, 5.41) is 14.8. The lowest BCUT2D eigenvalue weighted by molar-refractivity contribution is -0.143. The summed E-state index contributed by atoms with van der Waals surface area (Å²) in [6.45, 7) is 1.38. The van der Waals surface area contributed by atoms with Crippen LogP contribution in [0.2, 0.25) is 0 Å². The molecule has 0 spiro atoms. The molecule has 2 fully saturated rings. The van der Waals surface area contributed by atoms with Crippen molar-refractivity contribution < 1.29 is 19.4 Å². The van der Waals surface area contributed by atoms with E-state index in [-0.39, 0.29) is 24.0 Å². The van der Waals surface area contributed by atoms with Crippen LogP contribution in [0, 0.1) is 5.92 Å². The Morgan fingerprint density at radius 1 is 1.00 bits per heavy atom. The molecular formula is C13H22N2O4. The Labute approximate surface area is 112 Å². The van der Waals surface area contributed by atoms with Gasteiger partial charge in [0.15, 0.2) is 0 Å². The van der Waals surface area contributed by atoms with Crippen molar-refractivity contribution in [1.29, 1.82) is 0 Å². The first-order valence-electron chi connectivity index (χ1n) is 7.02. The first kappa shape index (κ1) is 14.1. The minimum Gasteiger partial charge on any atom is -0.481 e. The van der Waals surface area contributed by atoms with Crippen LogP contribution < -0.4 is 10.6 Å². The van der Waals surface area contributed by atoms with Crippen molar-refractivity contribution in [2.45, 2.75) is 50.6 Å². The first-order chi connectivity index (χ1) is 9.15. The Hall–Kier alpha value is -1.30. The molecule has 0 bridgehead atoms. The molecule has 1 saturated carbocycles. The van der Waals surface area contributed by atoms with Crippen LogP contribution in [0.1, 0.15) is 38.5 Å². The largest absolute Gasteiger partial charge is 0.481 e. The molecule has 6 heteroatoms. The number of carbonyl (C=O) groups is 2. The van der Waals surface area contributed by atoms with Crippen LogP contribution in [0.4, 0.5) is 4.79 Å². The molecule has 0 radical (unpaired) electrons. The number of amides is 2. The molecule has 2 aliphatic rings. The predicted octanol–water partition coefficient (Wildman–Crippen LogP) is 1.11. The molecule has 1 heterocycles. The number of hydrogen-bond donors (Lipinski definition) is 3. The van der Waals surface area contributed by atoms with Crippen molar-refractivity contribution in [3.63, 3.8) is 0 Å². The van der Waals surface area contributed by atoms with Crippen molar-refractivity contribution in [3.05, 3.63) is 0 Å². The fourth-order valence-corrected chi connectivity index (χ4v) is 2.80. The number of urea groups is 1. The van der Waals surface area contributed by atoms with Crippen molar-refractivity contribution in [2.24, 2.45) is 5.92 Å². The SMILES string of the molecule is O=C(NC1CCOCC1)NC1CCCC(C(=O)O)C1. The van der Waals surface area contributed by atoms with E-state index in [2.05, 4.69) is 10.6 Å². The van der Waals surface area contributed by atoms with E-state index in [1.165, 1.54) is 0 Å². The van der Waals surface area contributed by atoms with Crippen LogP contribution >= 0.6 is 0 Å². The van der Waals surface area contributed by atoms with Gasteiger partial charge in [-0.3, -0.25) is 4.79 Å². The van der Waals surface area contributed by atoms with Gasteiger partial charge in [-0.25, -0.2) is 4.79 Å². The average Bonchev–Trinajstić information content (AvgIpc) is 2.40. The van der Waals surface area contributed by atoms with Gasteiger partial charge in [0.05, 0.1) is 5.92 Å². The first-order valence-corrected chi connectivity index (χ1v) is 7.02. The summed E-state index contributed by atoms with van der Waals surface area (Å²) in [4.78, 5) is 22.8. The van der Waals surface area contributed by atoms with Gasteiger partial charge in [-0.2, -0.15) is 0 Å². The van der Waals surface area contributed by atoms with Gasteiger partial charge >= 0.3 is 12.0 Å². The van der Waals surface area contributed by atoms with Gasteiger partial charge in [-0.15, -0.1) is 0 Å². The molecule has 2 unspecified atom stereocenters. The van der Waals surface area contributed by atoms with E-state index in [4.69, 9.17) is 9.84 Å². The second kappa shape index (κ2) is 6.75. The smallest absolute Gasteiger partial charge is 0.315 e. The van der Waals surface area contributed by atoms with Crippen LogP contribution in [0.25, 0.3) is 0 Å². The number of aliphatic carboxylic acids is 1. The fourth-order valence-electron chi connectivity index (χ4n) is 2.80. The molecule has 3 N–H and O–H groups in total. The number of hydrogen-bond acceptors (Lipinski definition) is 3. The van der Waals surface area contributed by atoms with E-state index in [0.717, 1.165) is 32.1 Å². The highest BCUT2D eigenvalue weighted by atomic mass is 16.5. The quantitative estimate of drug-likeness (QED) is 0.717. The molecule has 2 atom stereocenters. The van der Waals surface area contributed by atoms with Gasteiger partial charge in [0.25, 0.3) is 0 Å². The van der Waals surface area contributed by atoms with Crippen LogP contribution in [-0.4, -0.2) is 42.4 Å². The van der Waals surface area contributed by atoms with Gasteiger partial charge in [-0.05, 0) is 32.1 Å². The maximum absolute atomic E-state index is 11.8. The topological polar surface area (TPSA) is 87.7 Å². The summed E-state index contributed by atoms with van der Waals surface area (Å²) in [7, 11) is 0. The van der Waals surface area contributed by atoms with Crippen LogP contribution in [0.3, 0.4) is 0 Å². The standard InChI is InChI=1S/C13H22N2O4/c16-12(17)9-2-1-3-11(8-9)15-13(18)14-10-4-6-19-7-5-10/h9-11H,1-8H2,(H,16,17)(H2,14,15,18). The van der Waals surface area contributed by atoms with Crippen LogP contribution in [0.15, 0.2) is 0 Å². The third-order valence-corrected chi connectivity index (χ3v) is 3.92. The van der Waals surface area contributed by atoms with E-state index >= 15 is 0 Å². The summed E-state index contributed by atoms with van der Waals surface area (Å²) in [5.74, 6) is -1.07. The van der Waals surface area contributed by atoms with Gasteiger partial charge in [0.1, 0.15) is 0 Å². The third-order valence-electron chi connectivity index (χ3n) is 3.92. The van der Waals surface area contributed by atoms with E-state index in [0.29, 0.717) is 19.6 Å². The predicted molar refractivity (Wildman–Crippen MR) is 68.9 cm³/mol. The Balaban J connectivity index is 1.73. The zero-order valence-corrected chi connectivity index (χ0v) is 11.1. The molecule has 1 aliphatic carbocycles. The lowest BCUT2D eigenvalue weighted by Crippen LogP contribution is -2.49. The molecule has 2 amide bonds. The molecule has 0 aromatic rings. The molecule has 0 aromatic heterocycles. The minimum atomic E-state index is -0.753. The number of rotatable bonds is 3. The van der Waals surface area contributed by atoms with E-state index < -0.39 is 5.97 Å². The number of carbonyl (C=O) groups excluding carboxylic acids is 1. The normalized spacial score (nSPS) is 28.6. The Kier molecular flexibility index (Phi) is 5.01. The Morgan fingerprint density at radius 3 is 2.37 bits per heavy atom. The molecule has 1 saturated heterocycles. The monoisotopic (exact) mass is 270 g/mol. The number of carboxylic acids is 1. The summed E-state index contributed by atoms with van der Waals surface area (Å²) >= 11 is 0. The van der Waals surface area contributed by atoms with Gasteiger partial charge in [0, 0.05) is 25.3 Å². The van der Waals surface area contributed by atoms with Gasteiger partial charge < -0.3 is 20.5 Å². The third kappa shape index (κ3) is 4.38. The van der Waals surface area contributed by atoms with Crippen molar-refractivity contribution in [1.82, 2.24) is 10.6 Å². The van der Waals surface area contributed by atoms with E-state index in [1.807, 2.05) is 0 Å². The number of nitrogens with one attached hydrogen (secondary N) is 2. The lowest BCUT2D eigenvalue weighted by Gasteiger charge is -2.29. The summed E-state index contributed by atoms with van der Waals surface area (Å²) in [6, 6.07) is -0.0229. The molecule has 2 rings (SSSR count). The zero-order valence-electron chi connectivity index (χ0n) is 11.1. The highest BCUT2D eigenvalue weighted by molar-refractivity contribution is 5.75.